The van der Waals surface area contributed by atoms with E-state index in [9.17, 15) is 13.2 Å². The molecule has 0 radical (unpaired) electrons. The molecule has 6 nitrogen and oxygen atoms in total. The van der Waals surface area contributed by atoms with Gasteiger partial charge in [0.1, 0.15) is 11.4 Å². The number of fused-ring (bicyclic) bond motifs is 1. The standard InChI is InChI=1S/C17H22F3N5O/c1-8(2)26-10-5-3-9(4-6-10)13-12-14(25-16(22)24-13)11(17(18,19)20)7-23-15(12)21/h7-10H,3-6H2,1-2H3,(H2,21,23)(H2,22,24,25). The van der Waals surface area contributed by atoms with E-state index in [1.54, 1.807) is 0 Å². The summed E-state index contributed by atoms with van der Waals surface area (Å²) in [6.45, 7) is 3.96. The second-order valence-electron chi connectivity index (χ2n) is 6.90. The van der Waals surface area contributed by atoms with Crippen molar-refractivity contribution in [1.29, 1.82) is 0 Å². The molecule has 0 saturated heterocycles. The lowest BCUT2D eigenvalue weighted by atomic mass is 9.83. The zero-order chi connectivity index (χ0) is 19.1. The van der Waals surface area contributed by atoms with E-state index >= 15 is 0 Å². The van der Waals surface area contributed by atoms with Crippen LogP contribution in [0.2, 0.25) is 0 Å². The summed E-state index contributed by atoms with van der Waals surface area (Å²) < 4.78 is 45.8. The lowest BCUT2D eigenvalue weighted by molar-refractivity contribution is -0.136. The van der Waals surface area contributed by atoms with Crippen molar-refractivity contribution >= 4 is 22.7 Å². The minimum Gasteiger partial charge on any atom is -0.383 e. The van der Waals surface area contributed by atoms with Gasteiger partial charge in [0, 0.05) is 12.1 Å². The molecule has 142 valence electrons. The molecule has 1 aliphatic carbocycles. The summed E-state index contributed by atoms with van der Waals surface area (Å²) in [7, 11) is 0. The van der Waals surface area contributed by atoms with Crippen LogP contribution < -0.4 is 11.5 Å². The maximum atomic E-state index is 13.3. The normalized spacial score (nSPS) is 21.5. The first-order valence-electron chi connectivity index (χ1n) is 8.61. The molecule has 1 saturated carbocycles. The van der Waals surface area contributed by atoms with Gasteiger partial charge in [0.15, 0.2) is 0 Å². The average molecular weight is 369 g/mol. The summed E-state index contributed by atoms with van der Waals surface area (Å²) in [4.78, 5) is 11.8. The van der Waals surface area contributed by atoms with Crippen molar-refractivity contribution < 1.29 is 17.9 Å². The average Bonchev–Trinajstić information content (AvgIpc) is 2.53. The van der Waals surface area contributed by atoms with Gasteiger partial charge >= 0.3 is 6.18 Å². The Balaban J connectivity index is 2.02. The topological polar surface area (TPSA) is 99.9 Å². The molecule has 0 aromatic carbocycles. The maximum absolute atomic E-state index is 13.3. The number of hydrogen-bond donors (Lipinski definition) is 2. The number of nitrogen functional groups attached to an aromatic ring is 2. The van der Waals surface area contributed by atoms with Gasteiger partial charge in [0.25, 0.3) is 0 Å². The molecule has 0 aliphatic heterocycles. The summed E-state index contributed by atoms with van der Waals surface area (Å²) in [5, 5.41) is 0.155. The lowest BCUT2D eigenvalue weighted by Crippen LogP contribution is -2.24. The van der Waals surface area contributed by atoms with Crippen molar-refractivity contribution in [3.05, 3.63) is 17.5 Å². The van der Waals surface area contributed by atoms with Crippen LogP contribution >= 0.6 is 0 Å². The third kappa shape index (κ3) is 3.67. The number of alkyl halides is 3. The molecule has 4 N–H and O–H groups in total. The fourth-order valence-corrected chi connectivity index (χ4v) is 3.56. The Morgan fingerprint density at radius 3 is 2.35 bits per heavy atom. The highest BCUT2D eigenvalue weighted by Crippen LogP contribution is 2.41. The van der Waals surface area contributed by atoms with E-state index in [-0.39, 0.29) is 40.8 Å². The quantitative estimate of drug-likeness (QED) is 0.856. The number of halogens is 3. The van der Waals surface area contributed by atoms with Gasteiger partial charge in [0.2, 0.25) is 5.95 Å². The molecule has 1 aliphatic rings. The van der Waals surface area contributed by atoms with E-state index in [4.69, 9.17) is 16.2 Å². The minimum absolute atomic E-state index is 0.0106. The fraction of sp³-hybridized carbons (Fsp3) is 0.588. The Morgan fingerprint density at radius 2 is 1.77 bits per heavy atom. The molecule has 1 fully saturated rings. The van der Waals surface area contributed by atoms with Crippen LogP contribution in [-0.2, 0) is 10.9 Å². The molecule has 2 aromatic heterocycles. The zero-order valence-corrected chi connectivity index (χ0v) is 14.7. The molecule has 0 bridgehead atoms. The van der Waals surface area contributed by atoms with Gasteiger partial charge in [-0.05, 0) is 39.5 Å². The highest BCUT2D eigenvalue weighted by molar-refractivity contribution is 5.93. The summed E-state index contributed by atoms with van der Waals surface area (Å²) in [5.41, 5.74) is 10.8. The first-order chi connectivity index (χ1) is 12.2. The third-order valence-corrected chi connectivity index (χ3v) is 4.63. The van der Waals surface area contributed by atoms with Crippen molar-refractivity contribution in [2.45, 2.75) is 63.8 Å². The van der Waals surface area contributed by atoms with E-state index in [1.165, 1.54) is 0 Å². The Kier molecular flexibility index (Phi) is 4.92. The van der Waals surface area contributed by atoms with Crippen LogP contribution in [-0.4, -0.2) is 27.2 Å². The second-order valence-corrected chi connectivity index (χ2v) is 6.90. The van der Waals surface area contributed by atoms with E-state index < -0.39 is 11.7 Å². The molecular weight excluding hydrogens is 347 g/mol. The van der Waals surface area contributed by atoms with Crippen LogP contribution in [0, 0.1) is 0 Å². The predicted molar refractivity (Wildman–Crippen MR) is 92.4 cm³/mol. The largest absolute Gasteiger partial charge is 0.419 e. The van der Waals surface area contributed by atoms with Gasteiger partial charge in [-0.15, -0.1) is 0 Å². The molecule has 26 heavy (non-hydrogen) atoms. The van der Waals surface area contributed by atoms with Crippen molar-refractivity contribution in [2.75, 3.05) is 11.5 Å². The molecule has 0 spiro atoms. The molecule has 0 atom stereocenters. The van der Waals surface area contributed by atoms with Gasteiger partial charge in [0.05, 0.1) is 28.8 Å². The smallest absolute Gasteiger partial charge is 0.383 e. The van der Waals surface area contributed by atoms with Crippen molar-refractivity contribution in [3.8, 4) is 0 Å². The van der Waals surface area contributed by atoms with Crippen LogP contribution in [0.15, 0.2) is 6.20 Å². The van der Waals surface area contributed by atoms with Gasteiger partial charge in [-0.25, -0.2) is 15.0 Å². The molecule has 3 rings (SSSR count). The van der Waals surface area contributed by atoms with E-state index in [0.717, 1.165) is 25.7 Å². The number of pyridine rings is 1. The van der Waals surface area contributed by atoms with Gasteiger partial charge < -0.3 is 16.2 Å². The molecule has 0 unspecified atom stereocenters. The maximum Gasteiger partial charge on any atom is 0.419 e. The third-order valence-electron chi connectivity index (χ3n) is 4.63. The zero-order valence-electron chi connectivity index (χ0n) is 14.7. The number of nitrogens with two attached hydrogens (primary N) is 2. The lowest BCUT2D eigenvalue weighted by Gasteiger charge is -2.30. The number of aromatic nitrogens is 3. The molecule has 0 amide bonds. The number of nitrogens with zero attached hydrogens (tertiary/aromatic N) is 3. The molecule has 2 aromatic rings. The summed E-state index contributed by atoms with van der Waals surface area (Å²) in [6.07, 6.45) is -0.529. The predicted octanol–water partition coefficient (Wildman–Crippen LogP) is 3.66. The van der Waals surface area contributed by atoms with Gasteiger partial charge in [-0.1, -0.05) is 0 Å². The first-order valence-corrected chi connectivity index (χ1v) is 8.61. The number of anilines is 2. The van der Waals surface area contributed by atoms with E-state index in [2.05, 4.69) is 15.0 Å². The molecule has 2 heterocycles. The van der Waals surface area contributed by atoms with Gasteiger partial charge in [-0.2, -0.15) is 13.2 Å². The fourth-order valence-electron chi connectivity index (χ4n) is 3.56. The van der Waals surface area contributed by atoms with Gasteiger partial charge in [-0.3, -0.25) is 0 Å². The summed E-state index contributed by atoms with van der Waals surface area (Å²) in [5.74, 6) is -0.255. The summed E-state index contributed by atoms with van der Waals surface area (Å²) in [6, 6.07) is 0. The second kappa shape index (κ2) is 6.86. The SMILES string of the molecule is CC(C)OC1CCC(c2nc(N)nc3c(C(F)(F)F)cnc(N)c23)CC1. The Hall–Kier alpha value is -2.16. The first kappa shape index (κ1) is 18.6. The van der Waals surface area contributed by atoms with Crippen molar-refractivity contribution in [1.82, 2.24) is 15.0 Å². The Bertz CT molecular complexity index is 801. The highest BCUT2D eigenvalue weighted by atomic mass is 19.4. The van der Waals surface area contributed by atoms with Crippen LogP contribution in [0.3, 0.4) is 0 Å². The van der Waals surface area contributed by atoms with E-state index in [1.807, 2.05) is 13.8 Å². The molecular formula is C17H22F3N5O. The minimum atomic E-state index is -4.60. The number of ether oxygens (including phenoxy) is 1. The van der Waals surface area contributed by atoms with Crippen molar-refractivity contribution in [3.63, 3.8) is 0 Å². The highest BCUT2D eigenvalue weighted by Gasteiger charge is 2.36. The Labute approximate surface area is 149 Å². The van der Waals surface area contributed by atoms with E-state index in [0.29, 0.717) is 11.9 Å². The van der Waals surface area contributed by atoms with Crippen molar-refractivity contribution in [2.24, 2.45) is 0 Å². The monoisotopic (exact) mass is 369 g/mol. The Morgan fingerprint density at radius 1 is 1.12 bits per heavy atom. The van der Waals surface area contributed by atoms with Crippen LogP contribution in [0.5, 0.6) is 0 Å². The number of hydrogen-bond acceptors (Lipinski definition) is 6. The van der Waals surface area contributed by atoms with Crippen LogP contribution in [0.25, 0.3) is 10.9 Å². The summed E-state index contributed by atoms with van der Waals surface area (Å²) >= 11 is 0. The van der Waals surface area contributed by atoms with Crippen LogP contribution in [0.1, 0.15) is 56.7 Å². The molecule has 9 heteroatoms. The van der Waals surface area contributed by atoms with Crippen LogP contribution in [0.4, 0.5) is 24.9 Å². The number of rotatable bonds is 3.